The molecule has 5 rings (SSSR count). The van der Waals surface area contributed by atoms with E-state index in [-0.39, 0.29) is 12.3 Å². The van der Waals surface area contributed by atoms with Crippen LogP contribution in [-0.4, -0.2) is 11.8 Å². The summed E-state index contributed by atoms with van der Waals surface area (Å²) in [5, 5.41) is 4.55. The van der Waals surface area contributed by atoms with Gasteiger partial charge in [-0.3, -0.25) is 9.59 Å². The molecular weight excluding hydrogens is 372 g/mol. The summed E-state index contributed by atoms with van der Waals surface area (Å²) in [7, 11) is 0. The molecule has 2 amide bonds. The molecule has 5 nitrogen and oxygen atoms in total. The van der Waals surface area contributed by atoms with Crippen LogP contribution in [0.2, 0.25) is 0 Å². The molecule has 2 aliphatic carbocycles. The molecule has 6 heteroatoms. The van der Waals surface area contributed by atoms with Gasteiger partial charge in [0.25, 0.3) is 5.91 Å². The molecule has 0 bridgehead atoms. The van der Waals surface area contributed by atoms with Gasteiger partial charge in [-0.1, -0.05) is 0 Å². The fourth-order valence-electron chi connectivity index (χ4n) is 4.54. The zero-order valence-corrected chi connectivity index (χ0v) is 16.4. The first-order valence-electron chi connectivity index (χ1n) is 9.86. The van der Waals surface area contributed by atoms with Gasteiger partial charge in [0.1, 0.15) is 10.6 Å². The lowest BCUT2D eigenvalue weighted by Crippen LogP contribution is -2.19. The Morgan fingerprint density at radius 1 is 1.07 bits per heavy atom. The van der Waals surface area contributed by atoms with E-state index in [9.17, 15) is 9.59 Å². The summed E-state index contributed by atoms with van der Waals surface area (Å²) in [6, 6.07) is 4.28. The third-order valence-corrected chi connectivity index (χ3v) is 7.10. The number of anilines is 1. The molecule has 0 fully saturated rings. The number of benzene rings is 1. The van der Waals surface area contributed by atoms with Gasteiger partial charge in [0, 0.05) is 15.8 Å². The van der Waals surface area contributed by atoms with Gasteiger partial charge in [-0.15, -0.1) is 11.3 Å². The number of hydrogen-bond acceptors (Lipinski definition) is 4. The lowest BCUT2D eigenvalue weighted by atomic mass is 9.95. The van der Waals surface area contributed by atoms with E-state index in [1.165, 1.54) is 33.8 Å². The van der Waals surface area contributed by atoms with Gasteiger partial charge >= 0.3 is 0 Å². The van der Waals surface area contributed by atoms with E-state index in [0.717, 1.165) is 60.6 Å². The van der Waals surface area contributed by atoms with E-state index in [0.29, 0.717) is 10.6 Å². The largest absolute Gasteiger partial charge is 0.464 e. The summed E-state index contributed by atoms with van der Waals surface area (Å²) in [5.74, 6) is -0.608. The summed E-state index contributed by atoms with van der Waals surface area (Å²) >= 11 is 1.49. The Morgan fingerprint density at radius 2 is 1.86 bits per heavy atom. The van der Waals surface area contributed by atoms with Crippen LogP contribution in [0.1, 0.15) is 56.8 Å². The highest BCUT2D eigenvalue weighted by atomic mass is 32.1. The van der Waals surface area contributed by atoms with Crippen LogP contribution in [0.15, 0.2) is 22.8 Å². The highest BCUT2D eigenvalue weighted by Gasteiger charge is 2.25. The van der Waals surface area contributed by atoms with Crippen molar-refractivity contribution < 1.29 is 14.0 Å². The molecule has 0 radical (unpaired) electrons. The third kappa shape index (κ3) is 2.92. The molecule has 1 aromatic carbocycles. The molecule has 2 aromatic heterocycles. The van der Waals surface area contributed by atoms with Crippen LogP contribution in [0.5, 0.6) is 0 Å². The van der Waals surface area contributed by atoms with Gasteiger partial charge in [0.2, 0.25) is 5.91 Å². The molecule has 2 heterocycles. The van der Waals surface area contributed by atoms with E-state index < -0.39 is 5.91 Å². The van der Waals surface area contributed by atoms with Crippen molar-refractivity contribution >= 4 is 39.1 Å². The lowest BCUT2D eigenvalue weighted by Gasteiger charge is -2.11. The summed E-state index contributed by atoms with van der Waals surface area (Å²) in [6.45, 7) is 0. The van der Waals surface area contributed by atoms with E-state index >= 15 is 0 Å². The minimum atomic E-state index is -0.459. The number of nitrogens with two attached hydrogens (primary N) is 1. The molecule has 28 heavy (non-hydrogen) atoms. The highest BCUT2D eigenvalue weighted by Crippen LogP contribution is 2.38. The Morgan fingerprint density at radius 3 is 2.68 bits per heavy atom. The number of carbonyl (C=O) groups excluding carboxylic acids is 2. The van der Waals surface area contributed by atoms with Crippen LogP contribution < -0.4 is 11.1 Å². The standard InChI is InChI=1S/C22H22N2O3S/c23-21(26)20-15-6-1-2-7-18(15)28-22(20)24-19(25)10-14-11-27-17-9-13-5-3-4-12(13)8-16(14)17/h8-9,11H,1-7,10H2,(H2,23,26)(H,24,25). The van der Waals surface area contributed by atoms with Crippen LogP contribution in [0, 0.1) is 0 Å². The predicted molar refractivity (Wildman–Crippen MR) is 110 cm³/mol. The van der Waals surface area contributed by atoms with Crippen molar-refractivity contribution in [3.05, 3.63) is 51.1 Å². The van der Waals surface area contributed by atoms with Crippen molar-refractivity contribution in [2.75, 3.05) is 5.32 Å². The molecule has 0 spiro atoms. The van der Waals surface area contributed by atoms with Gasteiger partial charge < -0.3 is 15.5 Å². The molecule has 3 aromatic rings. The van der Waals surface area contributed by atoms with Crippen molar-refractivity contribution in [2.45, 2.75) is 51.4 Å². The van der Waals surface area contributed by atoms with Crippen molar-refractivity contribution in [3.63, 3.8) is 0 Å². The van der Waals surface area contributed by atoms with E-state index in [4.69, 9.17) is 10.2 Å². The predicted octanol–water partition coefficient (Wildman–Crippen LogP) is 4.14. The molecule has 0 saturated carbocycles. The van der Waals surface area contributed by atoms with Crippen molar-refractivity contribution in [1.82, 2.24) is 0 Å². The molecule has 0 aliphatic heterocycles. The minimum absolute atomic E-state index is 0.149. The van der Waals surface area contributed by atoms with Gasteiger partial charge in [0.05, 0.1) is 18.2 Å². The average Bonchev–Trinajstić information content (AvgIpc) is 3.36. The van der Waals surface area contributed by atoms with Crippen molar-refractivity contribution in [1.29, 1.82) is 0 Å². The highest BCUT2D eigenvalue weighted by molar-refractivity contribution is 7.17. The first kappa shape index (κ1) is 17.5. The van der Waals surface area contributed by atoms with Crippen LogP contribution in [0.25, 0.3) is 11.0 Å². The molecular formula is C22H22N2O3S. The first-order chi connectivity index (χ1) is 13.6. The lowest BCUT2D eigenvalue weighted by molar-refractivity contribution is -0.115. The number of carbonyl (C=O) groups is 2. The number of furan rings is 1. The Labute approximate surface area is 166 Å². The maximum Gasteiger partial charge on any atom is 0.251 e. The van der Waals surface area contributed by atoms with E-state index in [1.807, 2.05) is 0 Å². The number of amides is 2. The van der Waals surface area contributed by atoms with E-state index in [1.54, 1.807) is 6.26 Å². The Hall–Kier alpha value is -2.60. The van der Waals surface area contributed by atoms with E-state index in [2.05, 4.69) is 17.4 Å². The van der Waals surface area contributed by atoms with Gasteiger partial charge in [-0.25, -0.2) is 0 Å². The third-order valence-electron chi connectivity index (χ3n) is 5.89. The van der Waals surface area contributed by atoms with Crippen LogP contribution >= 0.6 is 11.3 Å². The zero-order chi connectivity index (χ0) is 19.3. The Bertz CT molecular complexity index is 1110. The second-order valence-electron chi connectivity index (χ2n) is 7.74. The molecule has 0 saturated heterocycles. The molecule has 2 aliphatic rings. The number of fused-ring (bicyclic) bond motifs is 3. The first-order valence-corrected chi connectivity index (χ1v) is 10.7. The fraction of sp³-hybridized carbons (Fsp3) is 0.364. The monoisotopic (exact) mass is 394 g/mol. The average molecular weight is 394 g/mol. The second kappa shape index (κ2) is 6.78. The Kier molecular flexibility index (Phi) is 4.23. The molecule has 144 valence electrons. The summed E-state index contributed by atoms with van der Waals surface area (Å²) in [4.78, 5) is 25.9. The van der Waals surface area contributed by atoms with Gasteiger partial charge in [0.15, 0.2) is 0 Å². The maximum atomic E-state index is 12.7. The fourth-order valence-corrected chi connectivity index (χ4v) is 5.85. The topological polar surface area (TPSA) is 85.3 Å². The SMILES string of the molecule is NC(=O)c1c(NC(=O)Cc2coc3cc4c(cc23)CCC4)sc2c1CCCC2. The zero-order valence-electron chi connectivity index (χ0n) is 15.6. The smallest absolute Gasteiger partial charge is 0.251 e. The van der Waals surface area contributed by atoms with Crippen LogP contribution in [0.3, 0.4) is 0 Å². The maximum absolute atomic E-state index is 12.7. The normalized spacial score (nSPS) is 15.4. The summed E-state index contributed by atoms with van der Waals surface area (Å²) in [5.41, 5.74) is 11.6. The quantitative estimate of drug-likeness (QED) is 0.697. The molecule has 3 N–H and O–H groups in total. The number of thiophene rings is 1. The van der Waals surface area contributed by atoms with Crippen molar-refractivity contribution in [3.8, 4) is 0 Å². The van der Waals surface area contributed by atoms with Gasteiger partial charge in [-0.05, 0) is 73.8 Å². The number of rotatable bonds is 4. The van der Waals surface area contributed by atoms with Crippen LogP contribution in [0.4, 0.5) is 5.00 Å². The minimum Gasteiger partial charge on any atom is -0.464 e. The molecule has 0 unspecified atom stereocenters. The number of primary amides is 1. The molecule has 0 atom stereocenters. The number of aryl methyl sites for hydroxylation is 3. The second-order valence-corrected chi connectivity index (χ2v) is 8.84. The van der Waals surface area contributed by atoms with Gasteiger partial charge in [-0.2, -0.15) is 0 Å². The number of hydrogen-bond donors (Lipinski definition) is 2. The number of nitrogens with one attached hydrogen (secondary N) is 1. The van der Waals surface area contributed by atoms with Crippen molar-refractivity contribution in [2.24, 2.45) is 5.73 Å². The summed E-state index contributed by atoms with van der Waals surface area (Å²) < 4.78 is 5.70. The van der Waals surface area contributed by atoms with Crippen LogP contribution in [-0.2, 0) is 36.9 Å². The Balaban J connectivity index is 1.41. The summed E-state index contributed by atoms with van der Waals surface area (Å²) in [6.07, 6.45) is 9.24.